The lowest BCUT2D eigenvalue weighted by atomic mass is 10.8. The molecule has 1 rings (SSSR count). The molecule has 0 bridgehead atoms. The smallest absolute Gasteiger partial charge is 0.143 e. The van der Waals surface area contributed by atoms with Crippen LogP contribution in [0, 0.1) is 0 Å². The Bertz CT molecular complexity index is 139. The lowest BCUT2D eigenvalue weighted by molar-refractivity contribution is 1.00. The molecule has 0 saturated carbocycles. The van der Waals surface area contributed by atoms with Crippen molar-refractivity contribution in [3.63, 3.8) is 0 Å². The number of hydrogen-bond acceptors (Lipinski definition) is 3. The third-order valence-corrected chi connectivity index (χ3v) is 0.621. The minimum absolute atomic E-state index is 0.447. The largest absolute Gasteiger partial charge is 0.382 e. The summed E-state index contributed by atoms with van der Waals surface area (Å²) in [5, 5.41) is 0. The van der Waals surface area contributed by atoms with Gasteiger partial charge in [-0.2, -0.15) is 0 Å². The zero-order chi connectivity index (χ0) is 5.28. The SMILES string of the molecule is Nc1cn(N)cn1. The number of rotatable bonds is 0. The van der Waals surface area contributed by atoms with Crippen molar-refractivity contribution in [3.8, 4) is 0 Å². The van der Waals surface area contributed by atoms with E-state index in [1.54, 1.807) is 0 Å². The van der Waals surface area contributed by atoms with E-state index in [9.17, 15) is 0 Å². The molecule has 0 aliphatic heterocycles. The highest BCUT2D eigenvalue weighted by atomic mass is 15.3. The highest BCUT2D eigenvalue weighted by molar-refractivity contribution is 5.22. The van der Waals surface area contributed by atoms with E-state index in [2.05, 4.69) is 4.98 Å². The van der Waals surface area contributed by atoms with Gasteiger partial charge in [0.2, 0.25) is 0 Å². The van der Waals surface area contributed by atoms with Crippen molar-refractivity contribution in [2.24, 2.45) is 0 Å². The summed E-state index contributed by atoms with van der Waals surface area (Å²) >= 11 is 0. The van der Waals surface area contributed by atoms with Crippen LogP contribution < -0.4 is 11.6 Å². The summed E-state index contributed by atoms with van der Waals surface area (Å²) in [6, 6.07) is 0. The average molecular weight is 98.1 g/mol. The number of aromatic nitrogens is 2. The standard InChI is InChI=1S/C3H6N4/c4-3-1-7(5)2-6-3/h1-2H,4-5H2. The lowest BCUT2D eigenvalue weighted by Crippen LogP contribution is -2.02. The fourth-order valence-corrected chi connectivity index (χ4v) is 0.353. The second-order valence-electron chi connectivity index (χ2n) is 1.25. The average Bonchev–Trinajstić information content (AvgIpc) is 1.87. The molecule has 1 heterocycles. The van der Waals surface area contributed by atoms with Crippen LogP contribution in [0.25, 0.3) is 0 Å². The molecule has 0 radical (unpaired) electrons. The highest BCUT2D eigenvalue weighted by Gasteiger charge is 1.82. The molecule has 38 valence electrons. The Labute approximate surface area is 40.7 Å². The molecule has 0 unspecified atom stereocenters. The number of nitrogens with zero attached hydrogens (tertiary/aromatic N) is 2. The minimum atomic E-state index is 0.447. The first-order chi connectivity index (χ1) is 3.29. The van der Waals surface area contributed by atoms with Crippen molar-refractivity contribution >= 4 is 5.82 Å². The summed E-state index contributed by atoms with van der Waals surface area (Å²) in [7, 11) is 0. The van der Waals surface area contributed by atoms with E-state index >= 15 is 0 Å². The Balaban J connectivity index is 3.04. The molecule has 0 aromatic carbocycles. The van der Waals surface area contributed by atoms with Crippen LogP contribution in [0.1, 0.15) is 0 Å². The number of nitrogens with two attached hydrogens (primary N) is 2. The first-order valence-corrected chi connectivity index (χ1v) is 1.83. The first kappa shape index (κ1) is 3.98. The van der Waals surface area contributed by atoms with Crippen LogP contribution in [0.5, 0.6) is 0 Å². The van der Waals surface area contributed by atoms with Crippen LogP contribution in [0.4, 0.5) is 5.82 Å². The Kier molecular flexibility index (Phi) is 0.651. The van der Waals surface area contributed by atoms with Crippen LogP contribution in [0.2, 0.25) is 0 Å². The van der Waals surface area contributed by atoms with Gasteiger partial charge in [-0.1, -0.05) is 0 Å². The van der Waals surface area contributed by atoms with Crippen LogP contribution in [0.15, 0.2) is 12.5 Å². The number of anilines is 1. The molecule has 4 heteroatoms. The van der Waals surface area contributed by atoms with E-state index in [-0.39, 0.29) is 0 Å². The fourth-order valence-electron chi connectivity index (χ4n) is 0.353. The number of imidazole rings is 1. The van der Waals surface area contributed by atoms with E-state index in [4.69, 9.17) is 11.6 Å². The minimum Gasteiger partial charge on any atom is -0.382 e. The molecule has 0 aliphatic rings. The van der Waals surface area contributed by atoms with Gasteiger partial charge < -0.3 is 11.6 Å². The van der Waals surface area contributed by atoms with E-state index in [0.717, 1.165) is 0 Å². The van der Waals surface area contributed by atoms with E-state index in [1.807, 2.05) is 0 Å². The van der Waals surface area contributed by atoms with E-state index in [0.29, 0.717) is 5.82 Å². The van der Waals surface area contributed by atoms with Gasteiger partial charge in [0.05, 0.1) is 6.20 Å². The third-order valence-electron chi connectivity index (χ3n) is 0.621. The van der Waals surface area contributed by atoms with Gasteiger partial charge in [0.25, 0.3) is 0 Å². The molecule has 4 nitrogen and oxygen atoms in total. The monoisotopic (exact) mass is 98.1 g/mol. The van der Waals surface area contributed by atoms with Gasteiger partial charge in [0.15, 0.2) is 0 Å². The molecule has 0 amide bonds. The maximum atomic E-state index is 5.17. The molecule has 1 aromatic heterocycles. The Hall–Kier alpha value is -1.19. The highest BCUT2D eigenvalue weighted by Crippen LogP contribution is 1.88. The Morgan fingerprint density at radius 2 is 2.43 bits per heavy atom. The van der Waals surface area contributed by atoms with E-state index < -0.39 is 0 Å². The molecular formula is C3H6N4. The van der Waals surface area contributed by atoms with Gasteiger partial charge in [0.1, 0.15) is 12.1 Å². The molecule has 0 saturated heterocycles. The number of nitrogen functional groups attached to an aromatic ring is 2. The molecule has 1 aromatic rings. The zero-order valence-electron chi connectivity index (χ0n) is 3.70. The van der Waals surface area contributed by atoms with Gasteiger partial charge in [-0.15, -0.1) is 0 Å². The van der Waals surface area contributed by atoms with Gasteiger partial charge in [-0.05, 0) is 0 Å². The maximum Gasteiger partial charge on any atom is 0.143 e. The topological polar surface area (TPSA) is 69.9 Å². The molecule has 0 atom stereocenters. The molecule has 7 heavy (non-hydrogen) atoms. The summed E-state index contributed by atoms with van der Waals surface area (Å²) in [5.41, 5.74) is 5.17. The zero-order valence-corrected chi connectivity index (χ0v) is 3.70. The van der Waals surface area contributed by atoms with Crippen molar-refractivity contribution in [2.75, 3.05) is 11.6 Å². The van der Waals surface area contributed by atoms with Gasteiger partial charge in [-0.25, -0.2) is 4.98 Å². The quantitative estimate of drug-likeness (QED) is 0.416. The van der Waals surface area contributed by atoms with Gasteiger partial charge in [-0.3, -0.25) is 4.68 Å². The summed E-state index contributed by atoms with van der Waals surface area (Å²) < 4.78 is 1.30. The van der Waals surface area contributed by atoms with Crippen molar-refractivity contribution in [3.05, 3.63) is 12.5 Å². The second-order valence-corrected chi connectivity index (χ2v) is 1.25. The van der Waals surface area contributed by atoms with Gasteiger partial charge in [0, 0.05) is 0 Å². The molecule has 4 N–H and O–H groups in total. The second kappa shape index (κ2) is 1.14. The van der Waals surface area contributed by atoms with Gasteiger partial charge >= 0.3 is 0 Å². The maximum absolute atomic E-state index is 5.17. The van der Waals surface area contributed by atoms with Crippen LogP contribution in [0.3, 0.4) is 0 Å². The third kappa shape index (κ3) is 0.623. The molecule has 0 aliphatic carbocycles. The summed E-state index contributed by atoms with van der Waals surface area (Å²) in [6.07, 6.45) is 2.97. The normalized spacial score (nSPS) is 9.14. The molecule has 0 fully saturated rings. The van der Waals surface area contributed by atoms with Crippen molar-refractivity contribution in [2.45, 2.75) is 0 Å². The van der Waals surface area contributed by atoms with Crippen molar-refractivity contribution < 1.29 is 0 Å². The summed E-state index contributed by atoms with van der Waals surface area (Å²) in [4.78, 5) is 3.63. The summed E-state index contributed by atoms with van der Waals surface area (Å²) in [6.45, 7) is 0. The predicted octanol–water partition coefficient (Wildman–Crippen LogP) is -0.821. The van der Waals surface area contributed by atoms with Crippen LogP contribution >= 0.6 is 0 Å². The lowest BCUT2D eigenvalue weighted by Gasteiger charge is -1.79. The molecular weight excluding hydrogens is 92.1 g/mol. The predicted molar refractivity (Wildman–Crippen MR) is 26.8 cm³/mol. The van der Waals surface area contributed by atoms with Crippen LogP contribution in [-0.4, -0.2) is 9.66 Å². The van der Waals surface area contributed by atoms with Crippen molar-refractivity contribution in [1.82, 2.24) is 9.66 Å². The first-order valence-electron chi connectivity index (χ1n) is 1.83. The van der Waals surface area contributed by atoms with Crippen molar-refractivity contribution in [1.29, 1.82) is 0 Å². The van der Waals surface area contributed by atoms with E-state index in [1.165, 1.54) is 17.2 Å². The van der Waals surface area contributed by atoms with Crippen LogP contribution in [-0.2, 0) is 0 Å². The molecule has 0 spiro atoms. The summed E-state index contributed by atoms with van der Waals surface area (Å²) in [5.74, 6) is 5.60. The number of hydrogen-bond donors (Lipinski definition) is 2. The fraction of sp³-hybridized carbons (Fsp3) is 0. The Morgan fingerprint density at radius 3 is 2.57 bits per heavy atom. The Morgan fingerprint density at radius 1 is 1.71 bits per heavy atom.